The lowest BCUT2D eigenvalue weighted by atomic mass is 10.1. The second-order valence-electron chi connectivity index (χ2n) is 4.38. The minimum absolute atomic E-state index is 0.137. The molecular weight excluding hydrogens is 230 g/mol. The molecule has 18 heavy (non-hydrogen) atoms. The number of ether oxygens (including phenoxy) is 2. The second kappa shape index (κ2) is 6.82. The van der Waals surface area contributed by atoms with Gasteiger partial charge in [-0.2, -0.15) is 0 Å². The van der Waals surface area contributed by atoms with Gasteiger partial charge in [-0.15, -0.1) is 0 Å². The summed E-state index contributed by atoms with van der Waals surface area (Å²) < 4.78 is 11.3. The highest BCUT2D eigenvalue weighted by atomic mass is 16.5. The number of benzene rings is 1. The van der Waals surface area contributed by atoms with Crippen molar-refractivity contribution in [2.45, 2.75) is 31.8 Å². The molecule has 4 N–H and O–H groups in total. The zero-order valence-corrected chi connectivity index (χ0v) is 10.6. The van der Waals surface area contributed by atoms with Gasteiger partial charge in [-0.05, 0) is 12.0 Å². The fourth-order valence-electron chi connectivity index (χ4n) is 2.06. The highest BCUT2D eigenvalue weighted by molar-refractivity contribution is 5.17. The van der Waals surface area contributed by atoms with E-state index in [1.807, 2.05) is 18.2 Å². The van der Waals surface area contributed by atoms with E-state index in [1.54, 1.807) is 0 Å². The van der Waals surface area contributed by atoms with Crippen LogP contribution in [0.4, 0.5) is 0 Å². The molecule has 0 aliphatic carbocycles. The Balaban J connectivity index is 1.81. The highest BCUT2D eigenvalue weighted by Gasteiger charge is 2.24. The van der Waals surface area contributed by atoms with Gasteiger partial charge in [0.2, 0.25) is 0 Å². The lowest BCUT2D eigenvalue weighted by Crippen LogP contribution is -2.46. The molecule has 100 valence electrons. The molecule has 3 atom stereocenters. The quantitative estimate of drug-likeness (QED) is 0.517. The zero-order chi connectivity index (χ0) is 12.8. The van der Waals surface area contributed by atoms with Gasteiger partial charge in [-0.3, -0.25) is 11.2 Å². The number of hydrogen-bond acceptors (Lipinski definition) is 5. The summed E-state index contributed by atoms with van der Waals surface area (Å²) in [5, 5.41) is 3.19. The molecule has 2 rings (SSSR count). The van der Waals surface area contributed by atoms with Crippen LogP contribution >= 0.6 is 0 Å². The molecular formula is C13H21N3O2. The average Bonchev–Trinajstić information content (AvgIpc) is 2.89. The van der Waals surface area contributed by atoms with Crippen molar-refractivity contribution in [1.29, 1.82) is 0 Å². The monoisotopic (exact) mass is 251 g/mol. The Morgan fingerprint density at radius 2 is 2.28 bits per heavy atom. The van der Waals surface area contributed by atoms with E-state index in [9.17, 15) is 0 Å². The zero-order valence-electron chi connectivity index (χ0n) is 10.6. The third kappa shape index (κ3) is 3.51. The van der Waals surface area contributed by atoms with Crippen molar-refractivity contribution in [3.8, 4) is 0 Å². The Hall–Kier alpha value is -0.980. The fraction of sp³-hybridized carbons (Fsp3) is 0.538. The molecule has 1 unspecified atom stereocenters. The van der Waals surface area contributed by atoms with Crippen LogP contribution in [0, 0.1) is 0 Å². The molecule has 1 heterocycles. The number of nitrogens with one attached hydrogen (secondary N) is 2. The van der Waals surface area contributed by atoms with Crippen molar-refractivity contribution in [1.82, 2.24) is 10.7 Å². The molecule has 1 saturated heterocycles. The van der Waals surface area contributed by atoms with Crippen molar-refractivity contribution < 1.29 is 9.47 Å². The summed E-state index contributed by atoms with van der Waals surface area (Å²) in [6, 6.07) is 10.5. The maximum atomic E-state index is 5.94. The van der Waals surface area contributed by atoms with Crippen LogP contribution in [-0.4, -0.2) is 25.6 Å². The summed E-state index contributed by atoms with van der Waals surface area (Å²) in [5.74, 6) is 5.29. The second-order valence-corrected chi connectivity index (χ2v) is 4.38. The molecule has 1 aromatic rings. The first kappa shape index (κ1) is 13.5. The van der Waals surface area contributed by atoms with Crippen LogP contribution in [0.2, 0.25) is 0 Å². The van der Waals surface area contributed by atoms with Crippen LogP contribution in [0.3, 0.4) is 0 Å². The molecule has 0 saturated carbocycles. The van der Waals surface area contributed by atoms with E-state index < -0.39 is 0 Å². The predicted molar refractivity (Wildman–Crippen MR) is 69.4 cm³/mol. The Morgan fingerprint density at radius 1 is 1.50 bits per heavy atom. The topological polar surface area (TPSA) is 68.5 Å². The summed E-state index contributed by atoms with van der Waals surface area (Å²) >= 11 is 0. The normalized spacial score (nSPS) is 25.2. The smallest absolute Gasteiger partial charge is 0.176 e. The Kier molecular flexibility index (Phi) is 5.10. The van der Waals surface area contributed by atoms with E-state index in [0.29, 0.717) is 13.2 Å². The number of hydrogen-bond donors (Lipinski definition) is 3. The van der Waals surface area contributed by atoms with Crippen LogP contribution in [-0.2, 0) is 9.47 Å². The van der Waals surface area contributed by atoms with Gasteiger partial charge < -0.3 is 9.47 Å². The minimum Gasteiger partial charge on any atom is -0.372 e. The van der Waals surface area contributed by atoms with Crippen molar-refractivity contribution in [2.75, 3.05) is 13.2 Å². The van der Waals surface area contributed by atoms with E-state index in [-0.39, 0.29) is 18.5 Å². The molecule has 0 bridgehead atoms. The first-order chi connectivity index (χ1) is 8.83. The third-order valence-electron chi connectivity index (χ3n) is 3.04. The molecule has 1 fully saturated rings. The number of rotatable bonds is 6. The predicted octanol–water partition coefficient (Wildman–Crippen LogP) is 0.890. The third-order valence-corrected chi connectivity index (χ3v) is 3.04. The highest BCUT2D eigenvalue weighted by Crippen LogP contribution is 2.21. The van der Waals surface area contributed by atoms with Crippen molar-refractivity contribution in [2.24, 2.45) is 5.84 Å². The van der Waals surface area contributed by atoms with Gasteiger partial charge in [0.1, 0.15) is 0 Å². The lowest BCUT2D eigenvalue weighted by molar-refractivity contribution is 0.0349. The van der Waals surface area contributed by atoms with E-state index >= 15 is 0 Å². The maximum Gasteiger partial charge on any atom is 0.176 e. The van der Waals surface area contributed by atoms with Gasteiger partial charge in [-0.25, -0.2) is 5.43 Å². The van der Waals surface area contributed by atoms with Gasteiger partial charge in [-0.1, -0.05) is 37.3 Å². The first-order valence-electron chi connectivity index (χ1n) is 6.33. The van der Waals surface area contributed by atoms with Crippen LogP contribution in [0.15, 0.2) is 30.3 Å². The summed E-state index contributed by atoms with van der Waals surface area (Å²) in [7, 11) is 0. The van der Waals surface area contributed by atoms with Gasteiger partial charge in [0.15, 0.2) is 6.35 Å². The van der Waals surface area contributed by atoms with Crippen molar-refractivity contribution >= 4 is 0 Å². The molecule has 0 aromatic heterocycles. The summed E-state index contributed by atoms with van der Waals surface area (Å²) in [6.45, 7) is 3.35. The standard InChI is InChI=1S/C13H21N3O2/c1-2-12(10-6-4-3-5-7-10)17-8-11-9-18-13(15-11)16-14/h3-7,11-13,15-16H,2,8-9,14H2,1H3/t11-,12+,13?/m0/s1. The average molecular weight is 251 g/mol. The number of nitrogens with two attached hydrogens (primary N) is 1. The van der Waals surface area contributed by atoms with Gasteiger partial charge in [0.25, 0.3) is 0 Å². The Labute approximate surface area is 108 Å². The van der Waals surface area contributed by atoms with Gasteiger partial charge in [0, 0.05) is 0 Å². The minimum atomic E-state index is -0.268. The molecule has 1 aliphatic rings. The largest absolute Gasteiger partial charge is 0.372 e. The van der Waals surface area contributed by atoms with Crippen LogP contribution in [0.25, 0.3) is 0 Å². The summed E-state index contributed by atoms with van der Waals surface area (Å²) in [5.41, 5.74) is 3.75. The molecule has 5 heteroatoms. The summed E-state index contributed by atoms with van der Waals surface area (Å²) in [4.78, 5) is 0. The van der Waals surface area contributed by atoms with Gasteiger partial charge >= 0.3 is 0 Å². The maximum absolute atomic E-state index is 5.94. The van der Waals surface area contributed by atoms with E-state index in [0.717, 1.165) is 6.42 Å². The Morgan fingerprint density at radius 3 is 2.89 bits per heavy atom. The SMILES string of the molecule is CC[C@@H](OC[C@H]1COC(NN)N1)c1ccccc1. The molecule has 0 spiro atoms. The number of hydrazine groups is 1. The molecule has 0 amide bonds. The van der Waals surface area contributed by atoms with E-state index in [1.165, 1.54) is 5.56 Å². The summed E-state index contributed by atoms with van der Waals surface area (Å²) in [6.07, 6.45) is 0.823. The lowest BCUT2D eigenvalue weighted by Gasteiger charge is -2.19. The van der Waals surface area contributed by atoms with E-state index in [2.05, 4.69) is 29.8 Å². The molecule has 0 radical (unpaired) electrons. The molecule has 1 aromatic carbocycles. The Bertz CT molecular complexity index is 347. The fourth-order valence-corrected chi connectivity index (χ4v) is 2.06. The van der Waals surface area contributed by atoms with Crippen molar-refractivity contribution in [3.05, 3.63) is 35.9 Å². The van der Waals surface area contributed by atoms with Crippen LogP contribution in [0.5, 0.6) is 0 Å². The van der Waals surface area contributed by atoms with Crippen LogP contribution < -0.4 is 16.6 Å². The van der Waals surface area contributed by atoms with Crippen molar-refractivity contribution in [3.63, 3.8) is 0 Å². The van der Waals surface area contributed by atoms with Gasteiger partial charge in [0.05, 0.1) is 25.4 Å². The van der Waals surface area contributed by atoms with E-state index in [4.69, 9.17) is 15.3 Å². The first-order valence-corrected chi connectivity index (χ1v) is 6.33. The molecule has 1 aliphatic heterocycles. The van der Waals surface area contributed by atoms with Crippen LogP contribution in [0.1, 0.15) is 25.0 Å². The molecule has 5 nitrogen and oxygen atoms in total.